The highest BCUT2D eigenvalue weighted by atomic mass is 16.3. The molecule has 0 atom stereocenters. The number of furan rings is 1. The number of rotatable bonds is 7. The molecule has 3 heterocycles. The van der Waals surface area contributed by atoms with Crippen molar-refractivity contribution in [3.05, 3.63) is 218 Å². The van der Waals surface area contributed by atoms with Crippen LogP contribution in [0.1, 0.15) is 0 Å². The van der Waals surface area contributed by atoms with Gasteiger partial charge in [-0.2, -0.15) is 0 Å². The van der Waals surface area contributed by atoms with Crippen LogP contribution in [0.15, 0.2) is 223 Å². The molecule has 0 radical (unpaired) electrons. The Labute approximate surface area is 357 Å². The SMILES string of the molecule is c1ccc(-c2cc(-n3c4cc(-c5ccccc5)ccc4c4ccc(-c5ccccc5)cc43)c3oc4cc(-c5nc(-c6ccccc6)nc(-c6ccccc6)n5)ccc4c3c2)cc1. The molecule has 0 aliphatic carbocycles. The zero-order valence-electron chi connectivity index (χ0n) is 33.5. The van der Waals surface area contributed by atoms with Crippen molar-refractivity contribution in [2.24, 2.45) is 0 Å². The van der Waals surface area contributed by atoms with Crippen molar-refractivity contribution in [3.63, 3.8) is 0 Å². The first-order chi connectivity index (χ1) is 30.7. The van der Waals surface area contributed by atoms with Gasteiger partial charge in [0.15, 0.2) is 23.1 Å². The summed E-state index contributed by atoms with van der Waals surface area (Å²) in [6, 6.07) is 76.5. The second-order valence-corrected chi connectivity index (χ2v) is 15.6. The molecule has 5 nitrogen and oxygen atoms in total. The Bertz CT molecular complexity index is 3450. The Morgan fingerprint density at radius 1 is 0.290 bits per heavy atom. The van der Waals surface area contributed by atoms with Crippen LogP contribution in [0.25, 0.3) is 117 Å². The summed E-state index contributed by atoms with van der Waals surface area (Å²) >= 11 is 0. The van der Waals surface area contributed by atoms with Crippen LogP contribution < -0.4 is 0 Å². The van der Waals surface area contributed by atoms with E-state index in [4.69, 9.17) is 19.4 Å². The smallest absolute Gasteiger partial charge is 0.164 e. The van der Waals surface area contributed by atoms with E-state index in [-0.39, 0.29) is 0 Å². The molecule has 5 heteroatoms. The van der Waals surface area contributed by atoms with Gasteiger partial charge < -0.3 is 8.98 Å². The lowest BCUT2D eigenvalue weighted by Crippen LogP contribution is -2.00. The summed E-state index contributed by atoms with van der Waals surface area (Å²) in [6.07, 6.45) is 0. The number of nitrogens with zero attached hydrogens (tertiary/aromatic N) is 4. The quantitative estimate of drug-likeness (QED) is 0.161. The predicted octanol–water partition coefficient (Wildman–Crippen LogP) is 14.9. The van der Waals surface area contributed by atoms with Crippen LogP contribution in [-0.2, 0) is 0 Å². The van der Waals surface area contributed by atoms with E-state index >= 15 is 0 Å². The summed E-state index contributed by atoms with van der Waals surface area (Å²) < 4.78 is 9.53. The molecular weight excluding hydrogens is 757 g/mol. The lowest BCUT2D eigenvalue weighted by molar-refractivity contribution is 0.666. The fourth-order valence-corrected chi connectivity index (χ4v) is 8.80. The Hall–Kier alpha value is -8.41. The number of fused-ring (bicyclic) bond motifs is 6. The van der Waals surface area contributed by atoms with Gasteiger partial charge in [-0.05, 0) is 69.8 Å². The largest absolute Gasteiger partial charge is 0.454 e. The van der Waals surface area contributed by atoms with Crippen LogP contribution in [-0.4, -0.2) is 19.5 Å². The average Bonchev–Trinajstić information content (AvgIpc) is 3.89. The maximum Gasteiger partial charge on any atom is 0.164 e. The van der Waals surface area contributed by atoms with E-state index in [2.05, 4.69) is 162 Å². The van der Waals surface area contributed by atoms with E-state index in [1.54, 1.807) is 0 Å². The number of hydrogen-bond donors (Lipinski definition) is 0. The van der Waals surface area contributed by atoms with Crippen molar-refractivity contribution < 1.29 is 4.42 Å². The van der Waals surface area contributed by atoms with E-state index in [0.717, 1.165) is 77.6 Å². The second kappa shape index (κ2) is 14.7. The first kappa shape index (κ1) is 35.5. The Morgan fingerprint density at radius 3 is 1.18 bits per heavy atom. The van der Waals surface area contributed by atoms with E-state index in [9.17, 15) is 0 Å². The topological polar surface area (TPSA) is 56.7 Å². The van der Waals surface area contributed by atoms with Crippen LogP contribution in [0.5, 0.6) is 0 Å². The minimum Gasteiger partial charge on any atom is -0.454 e. The first-order valence-corrected chi connectivity index (χ1v) is 20.8. The Morgan fingerprint density at radius 2 is 0.694 bits per heavy atom. The van der Waals surface area contributed by atoms with Gasteiger partial charge in [0.2, 0.25) is 0 Å². The van der Waals surface area contributed by atoms with Crippen LogP contribution in [0.2, 0.25) is 0 Å². The van der Waals surface area contributed by atoms with Gasteiger partial charge in [0.05, 0.1) is 16.7 Å². The molecule has 0 N–H and O–H groups in total. The molecule has 3 aromatic heterocycles. The summed E-state index contributed by atoms with van der Waals surface area (Å²) in [7, 11) is 0. The van der Waals surface area contributed by atoms with Crippen molar-refractivity contribution >= 4 is 43.7 Å². The van der Waals surface area contributed by atoms with Crippen molar-refractivity contribution in [1.82, 2.24) is 19.5 Å². The Balaban J connectivity index is 1.13. The number of aromatic nitrogens is 4. The molecule has 0 aliphatic heterocycles. The summed E-state index contributed by atoms with van der Waals surface area (Å²) in [5, 5.41) is 4.39. The van der Waals surface area contributed by atoms with Crippen LogP contribution in [0.4, 0.5) is 0 Å². The van der Waals surface area contributed by atoms with Crippen molar-refractivity contribution in [2.45, 2.75) is 0 Å². The maximum atomic E-state index is 7.13. The van der Waals surface area contributed by atoms with Gasteiger partial charge in [-0.1, -0.05) is 182 Å². The summed E-state index contributed by atoms with van der Waals surface area (Å²) in [6.45, 7) is 0. The number of benzene rings is 9. The normalized spacial score (nSPS) is 11.5. The molecular formula is C57H36N4O. The third kappa shape index (κ3) is 6.14. The third-order valence-electron chi connectivity index (χ3n) is 11.8. The van der Waals surface area contributed by atoms with Gasteiger partial charge in [0.25, 0.3) is 0 Å². The molecule has 12 aromatic rings. The molecule has 0 bridgehead atoms. The molecule has 0 fully saturated rings. The minimum absolute atomic E-state index is 0.578. The van der Waals surface area contributed by atoms with E-state index < -0.39 is 0 Å². The highest BCUT2D eigenvalue weighted by Gasteiger charge is 2.22. The minimum atomic E-state index is 0.578. The maximum absolute atomic E-state index is 7.13. The zero-order chi connectivity index (χ0) is 41.0. The first-order valence-electron chi connectivity index (χ1n) is 20.8. The van der Waals surface area contributed by atoms with Crippen LogP contribution >= 0.6 is 0 Å². The third-order valence-corrected chi connectivity index (χ3v) is 11.8. The predicted molar refractivity (Wildman–Crippen MR) is 254 cm³/mol. The molecule has 12 rings (SSSR count). The van der Waals surface area contributed by atoms with Crippen LogP contribution in [0.3, 0.4) is 0 Å². The van der Waals surface area contributed by atoms with Gasteiger partial charge in [0, 0.05) is 38.2 Å². The molecule has 62 heavy (non-hydrogen) atoms. The molecule has 0 saturated heterocycles. The highest BCUT2D eigenvalue weighted by molar-refractivity contribution is 6.15. The van der Waals surface area contributed by atoms with Gasteiger partial charge in [-0.3, -0.25) is 0 Å². The van der Waals surface area contributed by atoms with Crippen molar-refractivity contribution in [2.75, 3.05) is 0 Å². The van der Waals surface area contributed by atoms with Crippen molar-refractivity contribution in [1.29, 1.82) is 0 Å². The molecule has 0 saturated carbocycles. The second-order valence-electron chi connectivity index (χ2n) is 15.6. The lowest BCUT2D eigenvalue weighted by Gasteiger charge is -2.13. The summed E-state index contributed by atoms with van der Waals surface area (Å²) in [4.78, 5) is 15.0. The average molecular weight is 793 g/mol. The highest BCUT2D eigenvalue weighted by Crippen LogP contribution is 2.43. The van der Waals surface area contributed by atoms with Gasteiger partial charge in [-0.15, -0.1) is 0 Å². The molecule has 0 spiro atoms. The molecule has 9 aromatic carbocycles. The molecule has 0 unspecified atom stereocenters. The molecule has 0 aliphatic rings. The monoisotopic (exact) mass is 792 g/mol. The summed E-state index contributed by atoms with van der Waals surface area (Å²) in [5.74, 6) is 1.81. The van der Waals surface area contributed by atoms with E-state index in [0.29, 0.717) is 17.5 Å². The fourth-order valence-electron chi connectivity index (χ4n) is 8.80. The lowest BCUT2D eigenvalue weighted by atomic mass is 10.0. The fraction of sp³-hybridized carbons (Fsp3) is 0. The number of hydrogen-bond acceptors (Lipinski definition) is 4. The van der Waals surface area contributed by atoms with Gasteiger partial charge in [-0.25, -0.2) is 15.0 Å². The van der Waals surface area contributed by atoms with Gasteiger partial charge in [0.1, 0.15) is 5.58 Å². The zero-order valence-corrected chi connectivity index (χ0v) is 33.5. The van der Waals surface area contributed by atoms with Gasteiger partial charge >= 0.3 is 0 Å². The standard InChI is InChI=1S/C57H36N4O/c1-6-16-37(17-7-1)42-26-29-46-47-30-27-43(38-18-8-2-9-19-38)34-51(47)61(50(46)33-42)52-35-45(39-20-10-3-11-21-39)32-49-48-31-28-44(36-53(48)62-54(49)52)57-59-55(40-22-12-4-13-23-40)58-56(60-57)41-24-14-5-15-25-41/h1-36H. The van der Waals surface area contributed by atoms with Crippen LogP contribution in [0, 0.1) is 0 Å². The van der Waals surface area contributed by atoms with E-state index in [1.807, 2.05) is 60.7 Å². The Kier molecular flexibility index (Phi) is 8.42. The summed E-state index contributed by atoms with van der Waals surface area (Å²) in [5.41, 5.74) is 14.3. The van der Waals surface area contributed by atoms with E-state index in [1.165, 1.54) is 21.9 Å². The molecule has 290 valence electrons. The van der Waals surface area contributed by atoms with Crippen molar-refractivity contribution in [3.8, 4) is 73.2 Å². The molecule has 0 amide bonds.